The lowest BCUT2D eigenvalue weighted by Gasteiger charge is -2.40. The number of benzene rings is 1. The Morgan fingerprint density at radius 3 is 2.75 bits per heavy atom. The van der Waals surface area contributed by atoms with E-state index >= 15 is 0 Å². The van der Waals surface area contributed by atoms with Crippen LogP contribution < -0.4 is 10.5 Å². The number of hydrogen-bond donors (Lipinski definition) is 1. The van der Waals surface area contributed by atoms with Crippen LogP contribution in [0.15, 0.2) is 18.2 Å². The van der Waals surface area contributed by atoms with Gasteiger partial charge in [-0.2, -0.15) is 0 Å². The topological polar surface area (TPSA) is 35.2 Å². The van der Waals surface area contributed by atoms with Gasteiger partial charge in [0.2, 0.25) is 0 Å². The van der Waals surface area contributed by atoms with Gasteiger partial charge in [-0.3, -0.25) is 0 Å². The van der Waals surface area contributed by atoms with Gasteiger partial charge in [0.15, 0.2) is 0 Å². The molecule has 0 saturated carbocycles. The Morgan fingerprint density at radius 1 is 1.44 bits per heavy atom. The smallest absolute Gasteiger partial charge is 0.125 e. The number of hydrogen-bond acceptors (Lipinski definition) is 2. The third-order valence-electron chi connectivity index (χ3n) is 3.58. The van der Waals surface area contributed by atoms with Crippen molar-refractivity contribution in [2.24, 2.45) is 5.73 Å². The molecule has 2 rings (SSSR count). The fraction of sp³-hybridized carbons (Fsp3) is 0.538. The number of rotatable bonds is 2. The van der Waals surface area contributed by atoms with Crippen molar-refractivity contribution in [3.63, 3.8) is 0 Å². The molecule has 1 aliphatic rings. The molecule has 0 bridgehead atoms. The van der Waals surface area contributed by atoms with Gasteiger partial charge in [-0.25, -0.2) is 4.39 Å². The van der Waals surface area contributed by atoms with Crippen molar-refractivity contribution in [1.29, 1.82) is 0 Å². The van der Waals surface area contributed by atoms with Crippen LogP contribution in [-0.4, -0.2) is 5.60 Å². The van der Waals surface area contributed by atoms with Gasteiger partial charge < -0.3 is 10.5 Å². The van der Waals surface area contributed by atoms with E-state index in [0.29, 0.717) is 0 Å². The lowest BCUT2D eigenvalue weighted by molar-refractivity contribution is 0.0280. The summed E-state index contributed by atoms with van der Waals surface area (Å²) in [4.78, 5) is 0. The van der Waals surface area contributed by atoms with Crippen LogP contribution in [-0.2, 0) is 0 Å². The third kappa shape index (κ3) is 1.80. The summed E-state index contributed by atoms with van der Waals surface area (Å²) < 4.78 is 19.1. The number of halogens is 1. The number of ether oxygens (including phenoxy) is 1. The first-order valence-corrected chi connectivity index (χ1v) is 5.84. The van der Waals surface area contributed by atoms with E-state index in [0.717, 1.165) is 30.6 Å². The summed E-state index contributed by atoms with van der Waals surface area (Å²) in [7, 11) is 0. The summed E-state index contributed by atoms with van der Waals surface area (Å²) in [5.74, 6) is 0.488. The largest absolute Gasteiger partial charge is 0.487 e. The first-order valence-electron chi connectivity index (χ1n) is 5.84. The van der Waals surface area contributed by atoms with Crippen LogP contribution >= 0.6 is 0 Å². The van der Waals surface area contributed by atoms with E-state index in [9.17, 15) is 4.39 Å². The molecule has 1 aromatic carbocycles. The summed E-state index contributed by atoms with van der Waals surface area (Å²) in [5.41, 5.74) is 6.71. The molecular formula is C13H18FNO. The summed E-state index contributed by atoms with van der Waals surface area (Å²) >= 11 is 0. The van der Waals surface area contributed by atoms with E-state index in [1.165, 1.54) is 12.1 Å². The SMILES string of the molecule is CCC1(CC)C[C@H](N)c2cc(F)ccc2O1. The van der Waals surface area contributed by atoms with E-state index in [1.54, 1.807) is 6.07 Å². The van der Waals surface area contributed by atoms with Gasteiger partial charge in [-0.05, 0) is 31.0 Å². The van der Waals surface area contributed by atoms with E-state index in [-0.39, 0.29) is 17.5 Å². The van der Waals surface area contributed by atoms with E-state index in [2.05, 4.69) is 13.8 Å². The lowest BCUT2D eigenvalue weighted by atomic mass is 9.84. The standard InChI is InChI=1S/C13H18FNO/c1-3-13(4-2)8-11(15)10-7-9(14)5-6-12(10)16-13/h5-7,11H,3-4,8,15H2,1-2H3/t11-/m0/s1. The van der Waals surface area contributed by atoms with E-state index in [4.69, 9.17) is 10.5 Å². The van der Waals surface area contributed by atoms with Crippen LogP contribution in [0.2, 0.25) is 0 Å². The Morgan fingerprint density at radius 2 is 2.12 bits per heavy atom. The molecule has 1 aliphatic heterocycles. The van der Waals surface area contributed by atoms with Crippen LogP contribution in [0.4, 0.5) is 4.39 Å². The molecule has 0 amide bonds. The fourth-order valence-electron chi connectivity index (χ4n) is 2.37. The van der Waals surface area contributed by atoms with Gasteiger partial charge in [-0.15, -0.1) is 0 Å². The lowest BCUT2D eigenvalue weighted by Crippen LogP contribution is -2.42. The molecule has 2 N–H and O–H groups in total. The maximum Gasteiger partial charge on any atom is 0.125 e. The summed E-state index contributed by atoms with van der Waals surface area (Å²) in [6.07, 6.45) is 2.61. The Bertz CT molecular complexity index is 388. The molecular weight excluding hydrogens is 205 g/mol. The number of nitrogens with two attached hydrogens (primary N) is 1. The predicted octanol–water partition coefficient (Wildman–Crippen LogP) is 3.17. The van der Waals surface area contributed by atoms with Crippen LogP contribution in [0.1, 0.15) is 44.7 Å². The van der Waals surface area contributed by atoms with Gasteiger partial charge in [0.25, 0.3) is 0 Å². The molecule has 2 nitrogen and oxygen atoms in total. The maximum atomic E-state index is 13.1. The first-order chi connectivity index (χ1) is 7.60. The second-order valence-electron chi connectivity index (χ2n) is 4.48. The van der Waals surface area contributed by atoms with Crippen molar-refractivity contribution in [3.05, 3.63) is 29.6 Å². The van der Waals surface area contributed by atoms with E-state index < -0.39 is 0 Å². The molecule has 0 saturated heterocycles. The second kappa shape index (κ2) is 4.06. The minimum Gasteiger partial charge on any atom is -0.487 e. The average Bonchev–Trinajstić information content (AvgIpc) is 2.30. The zero-order valence-electron chi connectivity index (χ0n) is 9.79. The van der Waals surface area contributed by atoms with Crippen molar-refractivity contribution < 1.29 is 9.13 Å². The minimum absolute atomic E-state index is 0.126. The molecule has 0 unspecified atom stereocenters. The van der Waals surface area contributed by atoms with Crippen molar-refractivity contribution in [2.75, 3.05) is 0 Å². The van der Waals surface area contributed by atoms with E-state index in [1.807, 2.05) is 0 Å². The van der Waals surface area contributed by atoms with Crippen LogP contribution in [0.3, 0.4) is 0 Å². The zero-order valence-corrected chi connectivity index (χ0v) is 9.79. The molecule has 0 aromatic heterocycles. The Kier molecular flexibility index (Phi) is 2.89. The Balaban J connectivity index is 2.40. The predicted molar refractivity (Wildman–Crippen MR) is 61.9 cm³/mol. The summed E-state index contributed by atoms with van der Waals surface area (Å²) in [6, 6.07) is 4.46. The van der Waals surface area contributed by atoms with Crippen molar-refractivity contribution >= 4 is 0 Å². The van der Waals surface area contributed by atoms with Gasteiger partial charge in [0, 0.05) is 18.0 Å². The van der Waals surface area contributed by atoms with Crippen LogP contribution in [0.25, 0.3) is 0 Å². The van der Waals surface area contributed by atoms with Gasteiger partial charge >= 0.3 is 0 Å². The monoisotopic (exact) mass is 223 g/mol. The molecule has 1 aromatic rings. The van der Waals surface area contributed by atoms with Crippen LogP contribution in [0, 0.1) is 5.82 Å². The molecule has 1 heterocycles. The van der Waals surface area contributed by atoms with Crippen molar-refractivity contribution in [3.8, 4) is 5.75 Å². The average molecular weight is 223 g/mol. The van der Waals surface area contributed by atoms with Crippen molar-refractivity contribution in [2.45, 2.75) is 44.8 Å². The first kappa shape index (κ1) is 11.4. The molecule has 0 aliphatic carbocycles. The highest BCUT2D eigenvalue weighted by molar-refractivity contribution is 5.39. The Labute approximate surface area is 95.6 Å². The Hall–Kier alpha value is -1.09. The normalized spacial score (nSPS) is 22.4. The summed E-state index contributed by atoms with van der Waals surface area (Å²) in [5, 5.41) is 0. The third-order valence-corrected chi connectivity index (χ3v) is 3.58. The van der Waals surface area contributed by atoms with Gasteiger partial charge in [-0.1, -0.05) is 13.8 Å². The number of fused-ring (bicyclic) bond motifs is 1. The molecule has 3 heteroatoms. The fourth-order valence-corrected chi connectivity index (χ4v) is 2.37. The second-order valence-corrected chi connectivity index (χ2v) is 4.48. The molecule has 0 radical (unpaired) electrons. The molecule has 1 atom stereocenters. The molecule has 0 fully saturated rings. The zero-order chi connectivity index (χ0) is 11.8. The maximum absolute atomic E-state index is 13.1. The highest BCUT2D eigenvalue weighted by Gasteiger charge is 2.37. The molecule has 0 spiro atoms. The highest BCUT2D eigenvalue weighted by atomic mass is 19.1. The quantitative estimate of drug-likeness (QED) is 0.835. The minimum atomic E-state index is -0.252. The molecule has 88 valence electrons. The molecule has 16 heavy (non-hydrogen) atoms. The van der Waals surface area contributed by atoms with Crippen LogP contribution in [0.5, 0.6) is 5.75 Å². The summed E-state index contributed by atoms with van der Waals surface area (Å²) in [6.45, 7) is 4.20. The van der Waals surface area contributed by atoms with Crippen molar-refractivity contribution in [1.82, 2.24) is 0 Å². The van der Waals surface area contributed by atoms with Gasteiger partial charge in [0.05, 0.1) is 0 Å². The highest BCUT2D eigenvalue weighted by Crippen LogP contribution is 2.41. The van der Waals surface area contributed by atoms with Gasteiger partial charge in [0.1, 0.15) is 17.2 Å².